The largest absolute Gasteiger partial charge is 0.361 e. The lowest BCUT2D eigenvalue weighted by molar-refractivity contribution is 0.534. The summed E-state index contributed by atoms with van der Waals surface area (Å²) in [6.45, 7) is 3.09. The second-order valence-electron chi connectivity index (χ2n) is 5.18. The summed E-state index contributed by atoms with van der Waals surface area (Å²) in [6, 6.07) is 8.69. The molecule has 4 nitrogen and oxygen atoms in total. The Bertz CT molecular complexity index is 695. The highest BCUT2D eigenvalue weighted by Crippen LogP contribution is 2.18. The first-order valence-electron chi connectivity index (χ1n) is 7.01. The van der Waals surface area contributed by atoms with Crippen LogP contribution in [0.15, 0.2) is 42.9 Å². The molecule has 2 aromatic heterocycles. The molecule has 4 heteroatoms. The Morgan fingerprint density at radius 2 is 2.20 bits per heavy atom. The fourth-order valence-electron chi connectivity index (χ4n) is 2.65. The van der Waals surface area contributed by atoms with Crippen LogP contribution in [-0.4, -0.2) is 21.1 Å². The molecular formula is C16H20N4. The second kappa shape index (κ2) is 5.51. The number of benzene rings is 1. The number of fused-ring (bicyclic) bond motifs is 1. The highest BCUT2D eigenvalue weighted by atomic mass is 15.1. The fraction of sp³-hybridized carbons (Fsp3) is 0.312. The molecule has 2 N–H and O–H groups in total. The molecule has 0 unspecified atom stereocenters. The molecule has 1 aromatic carbocycles. The molecule has 0 aliphatic rings. The van der Waals surface area contributed by atoms with Crippen molar-refractivity contribution in [2.75, 3.05) is 6.54 Å². The topological polar surface area (TPSA) is 45.6 Å². The first-order chi connectivity index (χ1) is 9.75. The SMILES string of the molecule is C[C@H](NCCc1c[nH]c2ccccc12)c1nccn1C. The number of nitrogens with one attached hydrogen (secondary N) is 2. The van der Waals surface area contributed by atoms with Gasteiger partial charge in [0, 0.05) is 36.5 Å². The zero-order valence-electron chi connectivity index (χ0n) is 11.9. The van der Waals surface area contributed by atoms with E-state index in [1.807, 2.05) is 19.4 Å². The lowest BCUT2D eigenvalue weighted by atomic mass is 10.1. The Kier molecular flexibility index (Phi) is 3.56. The van der Waals surface area contributed by atoms with Gasteiger partial charge in [-0.2, -0.15) is 0 Å². The predicted molar refractivity (Wildman–Crippen MR) is 81.6 cm³/mol. The second-order valence-corrected chi connectivity index (χ2v) is 5.18. The average molecular weight is 268 g/mol. The Morgan fingerprint density at radius 3 is 3.00 bits per heavy atom. The number of aromatic nitrogens is 3. The van der Waals surface area contributed by atoms with Crippen LogP contribution >= 0.6 is 0 Å². The van der Waals surface area contributed by atoms with E-state index in [0.717, 1.165) is 18.8 Å². The fourth-order valence-corrected chi connectivity index (χ4v) is 2.65. The maximum Gasteiger partial charge on any atom is 0.125 e. The van der Waals surface area contributed by atoms with Gasteiger partial charge >= 0.3 is 0 Å². The zero-order chi connectivity index (χ0) is 13.9. The van der Waals surface area contributed by atoms with Crippen molar-refractivity contribution in [1.29, 1.82) is 0 Å². The molecule has 0 spiro atoms. The molecule has 104 valence electrons. The summed E-state index contributed by atoms with van der Waals surface area (Å²) in [7, 11) is 2.03. The Labute approximate surface area is 118 Å². The van der Waals surface area contributed by atoms with Crippen LogP contribution < -0.4 is 5.32 Å². The maximum atomic E-state index is 4.38. The minimum absolute atomic E-state index is 0.264. The molecule has 3 aromatic rings. The van der Waals surface area contributed by atoms with Crippen molar-refractivity contribution in [1.82, 2.24) is 19.9 Å². The van der Waals surface area contributed by atoms with Crippen LogP contribution in [0.25, 0.3) is 10.9 Å². The van der Waals surface area contributed by atoms with Crippen LogP contribution in [0.4, 0.5) is 0 Å². The van der Waals surface area contributed by atoms with Crippen molar-refractivity contribution in [3.05, 3.63) is 54.2 Å². The third kappa shape index (κ3) is 2.47. The van der Waals surface area contributed by atoms with E-state index >= 15 is 0 Å². The number of imidazole rings is 1. The van der Waals surface area contributed by atoms with Gasteiger partial charge in [0.15, 0.2) is 0 Å². The summed E-state index contributed by atoms with van der Waals surface area (Å²) in [5.74, 6) is 1.07. The summed E-state index contributed by atoms with van der Waals surface area (Å²) >= 11 is 0. The normalized spacial score (nSPS) is 12.9. The molecular weight excluding hydrogens is 248 g/mol. The number of H-pyrrole nitrogens is 1. The van der Waals surface area contributed by atoms with Crippen molar-refractivity contribution in [3.63, 3.8) is 0 Å². The van der Waals surface area contributed by atoms with Crippen molar-refractivity contribution >= 4 is 10.9 Å². The van der Waals surface area contributed by atoms with Crippen LogP contribution in [0.3, 0.4) is 0 Å². The summed E-state index contributed by atoms with van der Waals surface area (Å²) in [5.41, 5.74) is 2.57. The van der Waals surface area contributed by atoms with Crippen LogP contribution in [0.2, 0.25) is 0 Å². The standard InChI is InChI=1S/C16H20N4/c1-12(16-18-9-10-20(16)2)17-8-7-13-11-19-15-6-4-3-5-14(13)15/h3-6,9-12,17,19H,7-8H2,1-2H3/t12-/m0/s1. The quantitative estimate of drug-likeness (QED) is 0.747. The number of hydrogen-bond acceptors (Lipinski definition) is 2. The van der Waals surface area contributed by atoms with E-state index in [1.54, 1.807) is 0 Å². The van der Waals surface area contributed by atoms with Gasteiger partial charge in [-0.15, -0.1) is 0 Å². The van der Waals surface area contributed by atoms with Gasteiger partial charge in [0.25, 0.3) is 0 Å². The molecule has 0 aliphatic carbocycles. The van der Waals surface area contributed by atoms with E-state index < -0.39 is 0 Å². The van der Waals surface area contributed by atoms with Gasteiger partial charge in [-0.3, -0.25) is 0 Å². The van der Waals surface area contributed by atoms with E-state index in [-0.39, 0.29) is 6.04 Å². The molecule has 0 aliphatic heterocycles. The molecule has 20 heavy (non-hydrogen) atoms. The number of nitrogens with zero attached hydrogens (tertiary/aromatic N) is 2. The summed E-state index contributed by atoms with van der Waals surface area (Å²) in [4.78, 5) is 7.69. The molecule has 1 atom stereocenters. The van der Waals surface area contributed by atoms with Gasteiger partial charge in [0.05, 0.1) is 6.04 Å². The van der Waals surface area contributed by atoms with Gasteiger partial charge in [0.1, 0.15) is 5.82 Å². The number of para-hydroxylation sites is 1. The minimum Gasteiger partial charge on any atom is -0.361 e. The highest BCUT2D eigenvalue weighted by molar-refractivity contribution is 5.83. The van der Waals surface area contributed by atoms with Gasteiger partial charge < -0.3 is 14.9 Å². The molecule has 0 bridgehead atoms. The van der Waals surface area contributed by atoms with Gasteiger partial charge in [-0.1, -0.05) is 18.2 Å². The molecule has 0 saturated heterocycles. The van der Waals surface area contributed by atoms with Gasteiger partial charge in [0.2, 0.25) is 0 Å². The third-order valence-electron chi connectivity index (χ3n) is 3.77. The number of rotatable bonds is 5. The number of hydrogen-bond donors (Lipinski definition) is 2. The molecule has 3 rings (SSSR count). The number of aromatic amines is 1. The van der Waals surface area contributed by atoms with Crippen molar-refractivity contribution in [2.45, 2.75) is 19.4 Å². The zero-order valence-corrected chi connectivity index (χ0v) is 11.9. The third-order valence-corrected chi connectivity index (χ3v) is 3.77. The van der Waals surface area contributed by atoms with E-state index in [4.69, 9.17) is 0 Å². The van der Waals surface area contributed by atoms with Crippen LogP contribution in [0, 0.1) is 0 Å². The van der Waals surface area contributed by atoms with Crippen molar-refractivity contribution < 1.29 is 0 Å². The Balaban J connectivity index is 1.61. The van der Waals surface area contributed by atoms with Crippen molar-refractivity contribution in [2.24, 2.45) is 7.05 Å². The maximum absolute atomic E-state index is 4.38. The molecule has 0 fully saturated rings. The average Bonchev–Trinajstić information content (AvgIpc) is 3.05. The first-order valence-corrected chi connectivity index (χ1v) is 7.01. The summed E-state index contributed by atoms with van der Waals surface area (Å²) in [6.07, 6.45) is 6.94. The number of aryl methyl sites for hydroxylation is 1. The predicted octanol–water partition coefficient (Wildman–Crippen LogP) is 2.79. The lowest BCUT2D eigenvalue weighted by Gasteiger charge is -2.13. The summed E-state index contributed by atoms with van der Waals surface area (Å²) in [5, 5.41) is 4.85. The van der Waals surface area contributed by atoms with E-state index in [0.29, 0.717) is 0 Å². The summed E-state index contributed by atoms with van der Waals surface area (Å²) < 4.78 is 2.06. The molecule has 0 amide bonds. The smallest absolute Gasteiger partial charge is 0.125 e. The first kappa shape index (κ1) is 12.9. The van der Waals surface area contributed by atoms with Crippen molar-refractivity contribution in [3.8, 4) is 0 Å². The molecule has 0 radical (unpaired) electrons. The highest BCUT2D eigenvalue weighted by Gasteiger charge is 2.09. The van der Waals surface area contributed by atoms with Gasteiger partial charge in [-0.25, -0.2) is 4.98 Å². The van der Waals surface area contributed by atoms with E-state index in [1.165, 1.54) is 16.5 Å². The van der Waals surface area contributed by atoms with Crippen LogP contribution in [0.1, 0.15) is 24.4 Å². The van der Waals surface area contributed by atoms with E-state index in [9.17, 15) is 0 Å². The van der Waals surface area contributed by atoms with Crippen LogP contribution in [-0.2, 0) is 13.5 Å². The van der Waals surface area contributed by atoms with Crippen LogP contribution in [0.5, 0.6) is 0 Å². The van der Waals surface area contributed by atoms with E-state index in [2.05, 4.69) is 57.2 Å². The molecule has 2 heterocycles. The Morgan fingerprint density at radius 1 is 1.35 bits per heavy atom. The molecule has 0 saturated carbocycles. The lowest BCUT2D eigenvalue weighted by Crippen LogP contribution is -2.23. The monoisotopic (exact) mass is 268 g/mol. The minimum atomic E-state index is 0.264. The van der Waals surface area contributed by atoms with Gasteiger partial charge in [-0.05, 0) is 31.5 Å². The Hall–Kier alpha value is -2.07.